The Morgan fingerprint density at radius 2 is 1.90 bits per heavy atom. The van der Waals surface area contributed by atoms with Gasteiger partial charge in [0.1, 0.15) is 6.54 Å². The van der Waals surface area contributed by atoms with E-state index in [1.807, 2.05) is 35.2 Å². The maximum absolute atomic E-state index is 10.7. The number of rotatable bonds is 2. The topological polar surface area (TPSA) is 26.9 Å². The largest absolute Gasteiger partial charge is 0.848 e. The fraction of sp³-hybridized carbons (Fsp3) is 0.375. The summed E-state index contributed by atoms with van der Waals surface area (Å²) in [5.41, 5.74) is 0. The number of aromatic nitrogens is 1. The summed E-state index contributed by atoms with van der Waals surface area (Å²) in [6.07, 6.45) is 3.27. The van der Waals surface area contributed by atoms with Gasteiger partial charge in [-0.2, -0.15) is 0 Å². The van der Waals surface area contributed by atoms with Crippen molar-refractivity contribution in [2.75, 3.05) is 0 Å². The molecule has 0 aromatic carbocycles. The lowest BCUT2D eigenvalue weighted by Crippen LogP contribution is -2.42. The van der Waals surface area contributed by atoms with Crippen LogP contribution in [0.15, 0.2) is 30.6 Å². The number of hydrogen-bond acceptors (Lipinski definition) is 1. The van der Waals surface area contributed by atoms with Crippen LogP contribution in [0.25, 0.3) is 0 Å². The van der Waals surface area contributed by atoms with E-state index in [9.17, 15) is 5.11 Å². The third-order valence-electron chi connectivity index (χ3n) is 1.25. The highest BCUT2D eigenvalue weighted by Gasteiger charge is 1.94. The van der Waals surface area contributed by atoms with Gasteiger partial charge in [-0.3, -0.25) is 0 Å². The maximum Gasteiger partial charge on any atom is 0.168 e. The highest BCUT2D eigenvalue weighted by atomic mass is 16.3. The second-order valence-corrected chi connectivity index (χ2v) is 2.38. The minimum absolute atomic E-state index is 0.521. The molecular weight excluding hydrogens is 126 g/mol. The van der Waals surface area contributed by atoms with E-state index in [2.05, 4.69) is 0 Å². The molecule has 0 amide bonds. The fourth-order valence-corrected chi connectivity index (χ4v) is 0.853. The van der Waals surface area contributed by atoms with Crippen molar-refractivity contribution in [2.45, 2.75) is 19.6 Å². The molecule has 1 atom stereocenters. The minimum atomic E-state index is -0.521. The molecule has 0 bridgehead atoms. The molecular formula is C8H11NO. The van der Waals surface area contributed by atoms with Gasteiger partial charge < -0.3 is 5.11 Å². The van der Waals surface area contributed by atoms with E-state index >= 15 is 0 Å². The molecule has 0 spiro atoms. The molecule has 54 valence electrons. The second kappa shape index (κ2) is 3.32. The van der Waals surface area contributed by atoms with Crippen molar-refractivity contribution in [1.82, 2.24) is 0 Å². The van der Waals surface area contributed by atoms with E-state index < -0.39 is 6.10 Å². The molecule has 0 fully saturated rings. The van der Waals surface area contributed by atoms with Crippen LogP contribution in [0, 0.1) is 0 Å². The van der Waals surface area contributed by atoms with Crippen molar-refractivity contribution in [3.8, 4) is 0 Å². The molecule has 1 rings (SSSR count). The zero-order chi connectivity index (χ0) is 7.40. The lowest BCUT2D eigenvalue weighted by Gasteiger charge is -2.10. The molecule has 10 heavy (non-hydrogen) atoms. The molecule has 2 nitrogen and oxygen atoms in total. The maximum atomic E-state index is 10.7. The zero-order valence-corrected chi connectivity index (χ0v) is 6.03. The van der Waals surface area contributed by atoms with Crippen molar-refractivity contribution in [3.63, 3.8) is 0 Å². The minimum Gasteiger partial charge on any atom is -0.848 e. The summed E-state index contributed by atoms with van der Waals surface area (Å²) in [5, 5.41) is 10.7. The van der Waals surface area contributed by atoms with Gasteiger partial charge in [0.05, 0.1) is 0 Å². The monoisotopic (exact) mass is 137 g/mol. The van der Waals surface area contributed by atoms with Crippen LogP contribution in [-0.2, 0) is 6.54 Å². The van der Waals surface area contributed by atoms with Crippen LogP contribution in [0.3, 0.4) is 0 Å². The molecule has 1 unspecified atom stereocenters. The predicted octanol–water partition coefficient (Wildman–Crippen LogP) is -0.277. The molecule has 0 aliphatic heterocycles. The van der Waals surface area contributed by atoms with Crippen LogP contribution < -0.4 is 9.67 Å². The van der Waals surface area contributed by atoms with Crippen LogP contribution in [0.5, 0.6) is 0 Å². The molecule has 0 saturated carbocycles. The highest BCUT2D eigenvalue weighted by molar-refractivity contribution is 4.83. The van der Waals surface area contributed by atoms with Crippen molar-refractivity contribution >= 4 is 0 Å². The first-order valence-corrected chi connectivity index (χ1v) is 3.39. The molecule has 0 saturated heterocycles. The van der Waals surface area contributed by atoms with E-state index in [4.69, 9.17) is 0 Å². The smallest absolute Gasteiger partial charge is 0.168 e. The average molecular weight is 137 g/mol. The van der Waals surface area contributed by atoms with Crippen LogP contribution in [0.4, 0.5) is 0 Å². The lowest BCUT2D eigenvalue weighted by atomic mass is 10.4. The zero-order valence-electron chi connectivity index (χ0n) is 6.03. The van der Waals surface area contributed by atoms with Crippen LogP contribution in [-0.4, -0.2) is 6.10 Å². The van der Waals surface area contributed by atoms with Crippen LogP contribution >= 0.6 is 0 Å². The van der Waals surface area contributed by atoms with E-state index in [1.54, 1.807) is 6.92 Å². The average Bonchev–Trinajstić information content (AvgIpc) is 1.88. The Morgan fingerprint density at radius 3 is 2.40 bits per heavy atom. The van der Waals surface area contributed by atoms with Gasteiger partial charge in [-0.15, -0.1) is 0 Å². The third-order valence-corrected chi connectivity index (χ3v) is 1.25. The summed E-state index contributed by atoms with van der Waals surface area (Å²) in [7, 11) is 0. The Labute approximate surface area is 60.8 Å². The third kappa shape index (κ3) is 2.15. The van der Waals surface area contributed by atoms with Crippen molar-refractivity contribution < 1.29 is 9.67 Å². The number of pyridine rings is 1. The van der Waals surface area contributed by atoms with Gasteiger partial charge in [0.25, 0.3) is 0 Å². The fourth-order valence-electron chi connectivity index (χ4n) is 0.853. The van der Waals surface area contributed by atoms with Gasteiger partial charge in [0.15, 0.2) is 12.4 Å². The summed E-state index contributed by atoms with van der Waals surface area (Å²) in [6.45, 7) is 2.22. The predicted molar refractivity (Wildman–Crippen MR) is 36.1 cm³/mol. The van der Waals surface area contributed by atoms with Crippen LogP contribution in [0.2, 0.25) is 0 Å². The molecule has 1 aromatic rings. The molecule has 2 heteroatoms. The van der Waals surface area contributed by atoms with E-state index in [0.29, 0.717) is 6.54 Å². The first-order valence-electron chi connectivity index (χ1n) is 3.39. The normalized spacial score (nSPS) is 13.0. The molecule has 0 radical (unpaired) electrons. The Bertz CT molecular complexity index is 184. The van der Waals surface area contributed by atoms with E-state index in [1.165, 1.54) is 0 Å². The SMILES string of the molecule is CC([O-])C[n+]1ccccc1. The quantitative estimate of drug-likeness (QED) is 0.515. The molecule has 0 N–H and O–H groups in total. The Kier molecular flexibility index (Phi) is 2.40. The van der Waals surface area contributed by atoms with Gasteiger partial charge in [-0.25, -0.2) is 4.57 Å². The summed E-state index contributed by atoms with van der Waals surface area (Å²) in [4.78, 5) is 0. The van der Waals surface area contributed by atoms with Gasteiger partial charge in [-0.05, 0) is 0 Å². The van der Waals surface area contributed by atoms with Crippen molar-refractivity contribution in [1.29, 1.82) is 0 Å². The summed E-state index contributed by atoms with van der Waals surface area (Å²) in [5.74, 6) is 0. The first-order chi connectivity index (χ1) is 4.79. The van der Waals surface area contributed by atoms with Gasteiger partial charge in [0, 0.05) is 12.1 Å². The molecule has 1 aromatic heterocycles. The summed E-state index contributed by atoms with van der Waals surface area (Å²) >= 11 is 0. The molecule has 0 aliphatic carbocycles. The highest BCUT2D eigenvalue weighted by Crippen LogP contribution is 1.78. The summed E-state index contributed by atoms with van der Waals surface area (Å²) in [6, 6.07) is 5.77. The van der Waals surface area contributed by atoms with E-state index in [-0.39, 0.29) is 0 Å². The second-order valence-electron chi connectivity index (χ2n) is 2.38. The Morgan fingerprint density at radius 1 is 1.30 bits per heavy atom. The molecule has 1 heterocycles. The Hall–Kier alpha value is -0.890. The number of hydrogen-bond donors (Lipinski definition) is 0. The van der Waals surface area contributed by atoms with E-state index in [0.717, 1.165) is 0 Å². The van der Waals surface area contributed by atoms with Gasteiger partial charge in [0.2, 0.25) is 0 Å². The standard InChI is InChI=1S/C8H11NO/c1-8(10)7-9-5-3-2-4-6-9/h2-6,8H,7H2,1H3. The number of nitrogens with zero attached hydrogens (tertiary/aromatic N) is 1. The van der Waals surface area contributed by atoms with Crippen molar-refractivity contribution in [3.05, 3.63) is 30.6 Å². The first kappa shape index (κ1) is 7.22. The molecule has 0 aliphatic rings. The van der Waals surface area contributed by atoms with Gasteiger partial charge in [-0.1, -0.05) is 19.1 Å². The Balaban J connectivity index is 2.59. The van der Waals surface area contributed by atoms with Crippen LogP contribution in [0.1, 0.15) is 6.92 Å². The lowest BCUT2D eigenvalue weighted by molar-refractivity contribution is -0.721. The summed E-state index contributed by atoms with van der Waals surface area (Å²) < 4.78 is 1.89. The van der Waals surface area contributed by atoms with Gasteiger partial charge >= 0.3 is 0 Å². The van der Waals surface area contributed by atoms with Crippen molar-refractivity contribution in [2.24, 2.45) is 0 Å².